The van der Waals surface area contributed by atoms with E-state index in [1.54, 1.807) is 28.2 Å². The minimum atomic E-state index is -3.52. The number of imidazole rings is 1. The van der Waals surface area contributed by atoms with Crippen LogP contribution in [0, 0.1) is 12.8 Å². The number of thioether (sulfide) groups is 1. The van der Waals surface area contributed by atoms with E-state index in [0.29, 0.717) is 23.9 Å². The Morgan fingerprint density at radius 3 is 2.68 bits per heavy atom. The van der Waals surface area contributed by atoms with Gasteiger partial charge in [0.2, 0.25) is 10.0 Å². The normalized spacial score (nSPS) is 21.9. The molecule has 8 heteroatoms. The molecular weight excluding hydrogens is 466 g/mol. The fourth-order valence-electron chi connectivity index (χ4n) is 4.87. The Bertz CT molecular complexity index is 1250. The second-order valence-electron chi connectivity index (χ2n) is 9.68. The standard InChI is InChI=1S/C26H33N3O3S2/c1-19-7-9-21(10-8-19)18-33-26-27-24-15-23(34(30,31)28-13-3-5-20(2)16-28)11-12-25(24)29(26)17-22-6-4-14-32-22/h7-12,15,20,22H,3-6,13-14,16-18H2,1-2H3. The zero-order valence-electron chi connectivity index (χ0n) is 19.9. The largest absolute Gasteiger partial charge is 0.376 e. The van der Waals surface area contributed by atoms with Crippen molar-refractivity contribution in [3.05, 3.63) is 53.6 Å². The lowest BCUT2D eigenvalue weighted by molar-refractivity contribution is 0.0960. The summed E-state index contributed by atoms with van der Waals surface area (Å²) in [7, 11) is -3.52. The third kappa shape index (κ3) is 5.05. The topological polar surface area (TPSA) is 64.4 Å². The fraction of sp³-hybridized carbons (Fsp3) is 0.500. The maximum absolute atomic E-state index is 13.4. The van der Waals surface area contributed by atoms with Crippen LogP contribution in [-0.2, 0) is 27.1 Å². The van der Waals surface area contributed by atoms with Crippen molar-refractivity contribution in [1.82, 2.24) is 13.9 Å². The second kappa shape index (κ2) is 10.0. The van der Waals surface area contributed by atoms with Gasteiger partial charge in [0.25, 0.3) is 0 Å². The molecule has 0 N–H and O–H groups in total. The van der Waals surface area contributed by atoms with Crippen molar-refractivity contribution in [2.45, 2.75) is 68.0 Å². The van der Waals surface area contributed by atoms with Crippen LogP contribution in [0.3, 0.4) is 0 Å². The molecule has 0 radical (unpaired) electrons. The van der Waals surface area contributed by atoms with Gasteiger partial charge in [0, 0.05) is 25.4 Å². The molecule has 5 rings (SSSR count). The van der Waals surface area contributed by atoms with Crippen LogP contribution in [0.25, 0.3) is 11.0 Å². The number of fused-ring (bicyclic) bond motifs is 1. The Morgan fingerprint density at radius 1 is 1.12 bits per heavy atom. The highest BCUT2D eigenvalue weighted by Gasteiger charge is 2.29. The molecule has 2 aliphatic heterocycles. The highest BCUT2D eigenvalue weighted by Crippen LogP contribution is 2.31. The van der Waals surface area contributed by atoms with Crippen LogP contribution in [0.15, 0.2) is 52.5 Å². The summed E-state index contributed by atoms with van der Waals surface area (Å²) in [4.78, 5) is 5.25. The van der Waals surface area contributed by atoms with Crippen molar-refractivity contribution in [3.63, 3.8) is 0 Å². The Labute approximate surface area is 206 Å². The number of aryl methyl sites for hydroxylation is 1. The van der Waals surface area contributed by atoms with E-state index in [2.05, 4.69) is 42.7 Å². The highest BCUT2D eigenvalue weighted by atomic mass is 32.2. The van der Waals surface area contributed by atoms with Gasteiger partial charge < -0.3 is 9.30 Å². The monoisotopic (exact) mass is 499 g/mol. The number of ether oxygens (including phenoxy) is 1. The summed E-state index contributed by atoms with van der Waals surface area (Å²) in [5.41, 5.74) is 4.19. The first-order valence-electron chi connectivity index (χ1n) is 12.2. The summed E-state index contributed by atoms with van der Waals surface area (Å²) in [5.74, 6) is 1.20. The van der Waals surface area contributed by atoms with Crippen molar-refractivity contribution in [2.24, 2.45) is 5.92 Å². The van der Waals surface area contributed by atoms with Crippen molar-refractivity contribution in [2.75, 3.05) is 19.7 Å². The molecule has 182 valence electrons. The van der Waals surface area contributed by atoms with E-state index in [1.807, 2.05) is 6.07 Å². The van der Waals surface area contributed by atoms with E-state index in [-0.39, 0.29) is 6.10 Å². The number of rotatable bonds is 7. The van der Waals surface area contributed by atoms with Gasteiger partial charge in [-0.05, 0) is 62.3 Å². The van der Waals surface area contributed by atoms with E-state index in [1.165, 1.54) is 11.1 Å². The van der Waals surface area contributed by atoms with E-state index in [4.69, 9.17) is 9.72 Å². The summed E-state index contributed by atoms with van der Waals surface area (Å²) in [6, 6.07) is 14.0. The zero-order valence-corrected chi connectivity index (χ0v) is 21.6. The average Bonchev–Trinajstić information content (AvgIpc) is 3.46. The first kappa shape index (κ1) is 23.9. The maximum atomic E-state index is 13.4. The van der Waals surface area contributed by atoms with Crippen LogP contribution in [0.5, 0.6) is 0 Å². The number of hydrogen-bond acceptors (Lipinski definition) is 5. The van der Waals surface area contributed by atoms with Crippen LogP contribution in [0.1, 0.15) is 43.7 Å². The van der Waals surface area contributed by atoms with Gasteiger partial charge in [0.05, 0.1) is 28.6 Å². The Balaban J connectivity index is 1.46. The van der Waals surface area contributed by atoms with Crippen LogP contribution in [-0.4, -0.2) is 48.1 Å². The van der Waals surface area contributed by atoms with Gasteiger partial charge in [-0.3, -0.25) is 0 Å². The molecule has 2 unspecified atom stereocenters. The van der Waals surface area contributed by atoms with Gasteiger partial charge in [0.15, 0.2) is 5.16 Å². The van der Waals surface area contributed by atoms with Crippen LogP contribution in [0.2, 0.25) is 0 Å². The molecule has 0 aliphatic carbocycles. The molecule has 2 aliphatic rings. The highest BCUT2D eigenvalue weighted by molar-refractivity contribution is 7.98. The molecule has 2 fully saturated rings. The van der Waals surface area contributed by atoms with Crippen molar-refractivity contribution < 1.29 is 13.2 Å². The molecular formula is C26H33N3O3S2. The van der Waals surface area contributed by atoms with Crippen molar-refractivity contribution in [1.29, 1.82) is 0 Å². The van der Waals surface area contributed by atoms with Gasteiger partial charge in [0.1, 0.15) is 0 Å². The average molecular weight is 500 g/mol. The molecule has 3 aromatic rings. The Hall–Kier alpha value is -1.87. The third-order valence-corrected chi connectivity index (χ3v) is 9.75. The number of nitrogens with zero attached hydrogens (tertiary/aromatic N) is 3. The number of aromatic nitrogens is 2. The molecule has 1 aromatic heterocycles. The lowest BCUT2D eigenvalue weighted by Gasteiger charge is -2.30. The zero-order chi connectivity index (χ0) is 23.7. The van der Waals surface area contributed by atoms with Crippen LogP contribution < -0.4 is 0 Å². The van der Waals surface area contributed by atoms with Gasteiger partial charge in [-0.25, -0.2) is 13.4 Å². The molecule has 0 saturated carbocycles. The van der Waals surface area contributed by atoms with Gasteiger partial charge in [-0.15, -0.1) is 0 Å². The molecule has 34 heavy (non-hydrogen) atoms. The molecule has 0 bridgehead atoms. The summed E-state index contributed by atoms with van der Waals surface area (Å²) >= 11 is 1.69. The number of piperidine rings is 1. The molecule has 2 saturated heterocycles. The van der Waals surface area contributed by atoms with Gasteiger partial charge in [-0.1, -0.05) is 48.5 Å². The van der Waals surface area contributed by atoms with E-state index in [0.717, 1.165) is 60.8 Å². The lowest BCUT2D eigenvalue weighted by atomic mass is 10.0. The number of hydrogen-bond donors (Lipinski definition) is 0. The van der Waals surface area contributed by atoms with Gasteiger partial charge in [-0.2, -0.15) is 4.31 Å². The first-order valence-corrected chi connectivity index (χ1v) is 14.6. The molecule has 3 heterocycles. The predicted octanol–water partition coefficient (Wildman–Crippen LogP) is 5.24. The fourth-order valence-corrected chi connectivity index (χ4v) is 7.47. The third-order valence-electron chi connectivity index (χ3n) is 6.84. The second-order valence-corrected chi connectivity index (χ2v) is 12.6. The minimum absolute atomic E-state index is 0.175. The number of sulfonamides is 1. The van der Waals surface area contributed by atoms with Crippen LogP contribution >= 0.6 is 11.8 Å². The lowest BCUT2D eigenvalue weighted by Crippen LogP contribution is -2.39. The molecule has 0 amide bonds. The van der Waals surface area contributed by atoms with Crippen molar-refractivity contribution >= 4 is 32.8 Å². The molecule has 2 aromatic carbocycles. The Morgan fingerprint density at radius 2 is 1.94 bits per heavy atom. The summed E-state index contributed by atoms with van der Waals surface area (Å²) < 4.78 is 36.5. The van der Waals surface area contributed by atoms with Crippen molar-refractivity contribution in [3.8, 4) is 0 Å². The number of benzene rings is 2. The molecule has 2 atom stereocenters. The predicted molar refractivity (Wildman–Crippen MR) is 137 cm³/mol. The van der Waals surface area contributed by atoms with E-state index < -0.39 is 10.0 Å². The smallest absolute Gasteiger partial charge is 0.243 e. The minimum Gasteiger partial charge on any atom is -0.376 e. The summed E-state index contributed by atoms with van der Waals surface area (Å²) in [6.45, 7) is 6.94. The first-order chi connectivity index (χ1) is 16.4. The van der Waals surface area contributed by atoms with Crippen LogP contribution in [0.4, 0.5) is 0 Å². The molecule has 6 nitrogen and oxygen atoms in total. The van der Waals surface area contributed by atoms with E-state index in [9.17, 15) is 8.42 Å². The summed E-state index contributed by atoms with van der Waals surface area (Å²) in [5, 5.41) is 0.909. The van der Waals surface area contributed by atoms with Gasteiger partial charge >= 0.3 is 0 Å². The Kier molecular flexibility index (Phi) is 7.02. The molecule has 0 spiro atoms. The van der Waals surface area contributed by atoms with E-state index >= 15 is 0 Å². The maximum Gasteiger partial charge on any atom is 0.243 e. The quantitative estimate of drug-likeness (QED) is 0.416. The summed E-state index contributed by atoms with van der Waals surface area (Å²) in [6.07, 6.45) is 4.30. The SMILES string of the molecule is Cc1ccc(CSc2nc3cc(S(=O)(=O)N4CCCC(C)C4)ccc3n2CC2CCCO2)cc1.